The van der Waals surface area contributed by atoms with Gasteiger partial charge in [0.1, 0.15) is 0 Å². The van der Waals surface area contributed by atoms with Gasteiger partial charge >= 0.3 is 6.03 Å². The maximum atomic E-state index is 10.7. The van der Waals surface area contributed by atoms with E-state index in [0.29, 0.717) is 12.6 Å². The number of nitrogens with one attached hydrogen (secondary N) is 2. The predicted octanol–water partition coefficient (Wildman–Crippen LogP) is 1.44. The lowest BCUT2D eigenvalue weighted by Crippen LogP contribution is -2.43. The zero-order valence-corrected chi connectivity index (χ0v) is 11.8. The smallest absolute Gasteiger partial charge is 0.312 e. The van der Waals surface area contributed by atoms with Crippen molar-refractivity contribution < 1.29 is 4.79 Å². The van der Waals surface area contributed by atoms with Gasteiger partial charge in [-0.3, -0.25) is 0 Å². The third-order valence-corrected chi connectivity index (χ3v) is 4.81. The van der Waals surface area contributed by atoms with Crippen molar-refractivity contribution in [1.82, 2.24) is 10.6 Å². The van der Waals surface area contributed by atoms with Gasteiger partial charge in [0.25, 0.3) is 0 Å². The molecule has 2 amide bonds. The van der Waals surface area contributed by atoms with Crippen LogP contribution in [0.3, 0.4) is 0 Å². The van der Waals surface area contributed by atoms with Gasteiger partial charge in [0.05, 0.1) is 0 Å². The molecule has 0 aliphatic heterocycles. The van der Waals surface area contributed by atoms with Crippen LogP contribution in [0.15, 0.2) is 24.3 Å². The molecule has 4 heteroatoms. The predicted molar refractivity (Wildman–Crippen MR) is 79.4 cm³/mol. The highest BCUT2D eigenvalue weighted by molar-refractivity contribution is 5.71. The molecule has 1 saturated carbocycles. The molecule has 20 heavy (non-hydrogen) atoms. The molecule has 2 atom stereocenters. The van der Waals surface area contributed by atoms with Gasteiger partial charge in [0, 0.05) is 19.1 Å². The molecule has 0 spiro atoms. The fourth-order valence-corrected chi connectivity index (χ4v) is 3.91. The van der Waals surface area contributed by atoms with E-state index in [0.717, 1.165) is 18.4 Å². The lowest BCUT2D eigenvalue weighted by Gasteiger charge is -2.23. The van der Waals surface area contributed by atoms with Crippen molar-refractivity contribution in [3.05, 3.63) is 35.4 Å². The molecule has 0 aromatic heterocycles. The summed E-state index contributed by atoms with van der Waals surface area (Å²) >= 11 is 0. The number of carbonyl (C=O) groups excluding carboxylic acids is 1. The van der Waals surface area contributed by atoms with Crippen LogP contribution in [0.5, 0.6) is 0 Å². The highest BCUT2D eigenvalue weighted by atomic mass is 16.2. The van der Waals surface area contributed by atoms with Gasteiger partial charge in [-0.2, -0.15) is 0 Å². The normalized spacial score (nSPS) is 27.7. The number of urea groups is 1. The first-order valence-electron chi connectivity index (χ1n) is 7.57. The molecule has 0 heterocycles. The summed E-state index contributed by atoms with van der Waals surface area (Å²) in [5, 5.41) is 6.29. The Hall–Kier alpha value is -1.55. The average Bonchev–Trinajstić information content (AvgIpc) is 2.69. The van der Waals surface area contributed by atoms with E-state index < -0.39 is 6.03 Å². The topological polar surface area (TPSA) is 67.2 Å². The van der Waals surface area contributed by atoms with E-state index in [1.165, 1.54) is 36.8 Å². The Labute approximate surface area is 120 Å². The van der Waals surface area contributed by atoms with E-state index in [2.05, 4.69) is 34.9 Å². The van der Waals surface area contributed by atoms with E-state index in [4.69, 9.17) is 5.73 Å². The molecular weight excluding hydrogens is 250 g/mol. The quantitative estimate of drug-likeness (QED) is 0.727. The minimum Gasteiger partial charge on any atom is -0.352 e. The Balaban J connectivity index is 1.62. The van der Waals surface area contributed by atoms with E-state index >= 15 is 0 Å². The van der Waals surface area contributed by atoms with Gasteiger partial charge in [-0.25, -0.2) is 4.79 Å². The Kier molecular flexibility index (Phi) is 3.92. The number of hydrogen-bond acceptors (Lipinski definition) is 2. The summed E-state index contributed by atoms with van der Waals surface area (Å²) in [6.45, 7) is 1.41. The van der Waals surface area contributed by atoms with Crippen LogP contribution in [0, 0.1) is 11.8 Å². The Morgan fingerprint density at radius 3 is 2.25 bits per heavy atom. The fourth-order valence-electron chi connectivity index (χ4n) is 3.91. The minimum atomic E-state index is -0.442. The van der Waals surface area contributed by atoms with Crippen molar-refractivity contribution in [2.24, 2.45) is 17.6 Å². The van der Waals surface area contributed by atoms with Crippen molar-refractivity contribution in [1.29, 1.82) is 0 Å². The summed E-state index contributed by atoms with van der Waals surface area (Å²) in [4.78, 5) is 10.7. The van der Waals surface area contributed by atoms with Crippen LogP contribution in [0.4, 0.5) is 4.79 Å². The Bertz CT molecular complexity index is 455. The summed E-state index contributed by atoms with van der Waals surface area (Å²) in [6, 6.07) is 9.00. The van der Waals surface area contributed by atoms with Gasteiger partial charge in [-0.05, 0) is 48.6 Å². The molecule has 4 N–H and O–H groups in total. The summed E-state index contributed by atoms with van der Waals surface area (Å²) in [5.41, 5.74) is 8.14. The van der Waals surface area contributed by atoms with Gasteiger partial charge in [0.15, 0.2) is 0 Å². The van der Waals surface area contributed by atoms with Crippen molar-refractivity contribution in [3.63, 3.8) is 0 Å². The molecule has 4 nitrogen and oxygen atoms in total. The second kappa shape index (κ2) is 5.83. The Morgan fingerprint density at radius 2 is 1.70 bits per heavy atom. The summed E-state index contributed by atoms with van der Waals surface area (Å²) in [5.74, 6) is 1.47. The summed E-state index contributed by atoms with van der Waals surface area (Å²) < 4.78 is 0. The molecule has 0 saturated heterocycles. The molecule has 2 aliphatic carbocycles. The lowest BCUT2D eigenvalue weighted by atomic mass is 9.94. The minimum absolute atomic E-state index is 0.442. The first-order valence-corrected chi connectivity index (χ1v) is 7.57. The number of carbonyl (C=O) groups is 1. The van der Waals surface area contributed by atoms with Crippen LogP contribution in [0.1, 0.15) is 24.0 Å². The SMILES string of the molecule is NC(=O)NCCNC1C2CCC1Cc1ccccc1C2. The molecule has 1 aromatic carbocycles. The second-order valence-corrected chi connectivity index (χ2v) is 6.05. The van der Waals surface area contributed by atoms with E-state index in [1.54, 1.807) is 0 Å². The molecule has 108 valence electrons. The number of benzene rings is 1. The van der Waals surface area contributed by atoms with Crippen LogP contribution in [0.25, 0.3) is 0 Å². The fraction of sp³-hybridized carbons (Fsp3) is 0.562. The number of nitrogens with two attached hydrogens (primary N) is 1. The van der Waals surface area contributed by atoms with E-state index in [-0.39, 0.29) is 0 Å². The van der Waals surface area contributed by atoms with Crippen molar-refractivity contribution in [3.8, 4) is 0 Å². The molecule has 2 bridgehead atoms. The highest BCUT2D eigenvalue weighted by Gasteiger charge is 2.38. The van der Waals surface area contributed by atoms with Crippen LogP contribution in [0.2, 0.25) is 0 Å². The monoisotopic (exact) mass is 273 g/mol. The molecular formula is C16H23N3O. The number of amides is 2. The van der Waals surface area contributed by atoms with Gasteiger partial charge in [-0.1, -0.05) is 24.3 Å². The van der Waals surface area contributed by atoms with Crippen LogP contribution in [-0.4, -0.2) is 25.2 Å². The largest absolute Gasteiger partial charge is 0.352 e. The number of rotatable bonds is 4. The van der Waals surface area contributed by atoms with Crippen LogP contribution >= 0.6 is 0 Å². The van der Waals surface area contributed by atoms with Crippen molar-refractivity contribution >= 4 is 6.03 Å². The van der Waals surface area contributed by atoms with Gasteiger partial charge < -0.3 is 16.4 Å². The zero-order chi connectivity index (χ0) is 13.9. The van der Waals surface area contributed by atoms with Crippen molar-refractivity contribution in [2.45, 2.75) is 31.7 Å². The highest BCUT2D eigenvalue weighted by Crippen LogP contribution is 2.39. The first-order chi connectivity index (χ1) is 9.74. The number of primary amides is 1. The van der Waals surface area contributed by atoms with E-state index in [9.17, 15) is 4.79 Å². The third kappa shape index (κ3) is 2.80. The molecule has 2 aliphatic rings. The molecule has 1 fully saturated rings. The zero-order valence-electron chi connectivity index (χ0n) is 11.8. The molecule has 1 aromatic rings. The third-order valence-electron chi connectivity index (χ3n) is 4.81. The average molecular weight is 273 g/mol. The molecule has 2 unspecified atom stereocenters. The lowest BCUT2D eigenvalue weighted by molar-refractivity contribution is 0.248. The number of hydrogen-bond donors (Lipinski definition) is 3. The van der Waals surface area contributed by atoms with Crippen molar-refractivity contribution in [2.75, 3.05) is 13.1 Å². The van der Waals surface area contributed by atoms with Crippen LogP contribution in [-0.2, 0) is 12.8 Å². The van der Waals surface area contributed by atoms with Crippen LogP contribution < -0.4 is 16.4 Å². The second-order valence-electron chi connectivity index (χ2n) is 6.05. The standard InChI is InChI=1S/C16H23N3O/c17-16(20)19-8-7-18-15-13-5-6-14(15)10-12-4-2-1-3-11(12)9-13/h1-4,13-15,18H,5-10H2,(H3,17,19,20). The first kappa shape index (κ1) is 13.4. The summed E-state index contributed by atoms with van der Waals surface area (Å²) in [6.07, 6.45) is 5.01. The molecule has 0 radical (unpaired) electrons. The maximum Gasteiger partial charge on any atom is 0.312 e. The Morgan fingerprint density at radius 1 is 1.10 bits per heavy atom. The van der Waals surface area contributed by atoms with Gasteiger partial charge in [0.2, 0.25) is 0 Å². The maximum absolute atomic E-state index is 10.7. The van der Waals surface area contributed by atoms with Gasteiger partial charge in [-0.15, -0.1) is 0 Å². The van der Waals surface area contributed by atoms with E-state index in [1.807, 2.05) is 0 Å². The number of fused-ring (bicyclic) bond motifs is 3. The summed E-state index contributed by atoms with van der Waals surface area (Å²) in [7, 11) is 0. The molecule has 3 rings (SSSR count).